The number of rotatable bonds is 10. The summed E-state index contributed by atoms with van der Waals surface area (Å²) in [6.07, 6.45) is 2.64. The van der Waals surface area contributed by atoms with Gasteiger partial charge in [0.2, 0.25) is 15.8 Å². The summed E-state index contributed by atoms with van der Waals surface area (Å²) in [6, 6.07) is 15.6. The summed E-state index contributed by atoms with van der Waals surface area (Å²) in [5.41, 5.74) is 6.92. The summed E-state index contributed by atoms with van der Waals surface area (Å²) in [6.45, 7) is 4.06. The van der Waals surface area contributed by atoms with Gasteiger partial charge in [-0.3, -0.25) is 9.10 Å². The highest BCUT2D eigenvalue weighted by atomic mass is 32.2. The highest BCUT2D eigenvalue weighted by molar-refractivity contribution is 7.92. The highest BCUT2D eigenvalue weighted by Crippen LogP contribution is 2.37. The van der Waals surface area contributed by atoms with E-state index in [0.717, 1.165) is 16.7 Å². The number of nitrogens with zero attached hydrogens (tertiary/aromatic N) is 2. The third-order valence-electron chi connectivity index (χ3n) is 5.79. The number of hydrazone groups is 1. The summed E-state index contributed by atoms with van der Waals surface area (Å²) in [4.78, 5) is 12.6. The van der Waals surface area contributed by atoms with Crippen molar-refractivity contribution in [2.75, 3.05) is 31.9 Å². The zero-order valence-electron chi connectivity index (χ0n) is 21.7. The molecule has 0 spiro atoms. The van der Waals surface area contributed by atoms with E-state index >= 15 is 0 Å². The summed E-state index contributed by atoms with van der Waals surface area (Å²) in [5, 5.41) is 4.02. The van der Waals surface area contributed by atoms with Gasteiger partial charge in [0.05, 0.1) is 46.0 Å². The van der Waals surface area contributed by atoms with Gasteiger partial charge in [-0.25, -0.2) is 13.8 Å². The number of carbonyl (C=O) groups excluding carboxylic acids is 1. The van der Waals surface area contributed by atoms with Crippen molar-refractivity contribution in [3.8, 4) is 17.2 Å². The molecule has 1 N–H and O–H groups in total. The number of methoxy groups -OCH3 is 3. The first-order valence-corrected chi connectivity index (χ1v) is 13.2. The van der Waals surface area contributed by atoms with Gasteiger partial charge < -0.3 is 14.2 Å². The Hall–Kier alpha value is -4.05. The first-order valence-electron chi connectivity index (χ1n) is 11.3. The molecular weight excluding hydrogens is 494 g/mol. The number of sulfonamides is 1. The second-order valence-electron chi connectivity index (χ2n) is 8.39. The van der Waals surface area contributed by atoms with Crippen LogP contribution in [0.1, 0.15) is 32.6 Å². The van der Waals surface area contributed by atoms with E-state index in [-0.39, 0.29) is 6.54 Å². The molecule has 3 rings (SSSR count). The van der Waals surface area contributed by atoms with Crippen LogP contribution in [-0.4, -0.2) is 48.1 Å². The molecule has 1 amide bonds. The first-order chi connectivity index (χ1) is 17.6. The Labute approximate surface area is 217 Å². The smallest absolute Gasteiger partial charge is 0.271 e. The number of ether oxygens (including phenoxy) is 3. The average Bonchev–Trinajstić information content (AvgIpc) is 2.87. The molecule has 9 nitrogen and oxygen atoms in total. The van der Waals surface area contributed by atoms with Gasteiger partial charge >= 0.3 is 0 Å². The number of nitrogens with one attached hydrogen (secondary N) is 1. The van der Waals surface area contributed by atoms with E-state index in [0.29, 0.717) is 34.1 Å². The molecule has 196 valence electrons. The Bertz CT molecular complexity index is 1380. The monoisotopic (exact) mass is 525 g/mol. The lowest BCUT2D eigenvalue weighted by atomic mass is 10.1. The fourth-order valence-corrected chi connectivity index (χ4v) is 4.49. The zero-order chi connectivity index (χ0) is 27.2. The van der Waals surface area contributed by atoms with Crippen molar-refractivity contribution in [1.29, 1.82) is 0 Å². The van der Waals surface area contributed by atoms with Gasteiger partial charge in [-0.05, 0) is 66.9 Å². The van der Waals surface area contributed by atoms with Gasteiger partial charge in [0.1, 0.15) is 0 Å². The van der Waals surface area contributed by atoms with Crippen molar-refractivity contribution in [3.63, 3.8) is 0 Å². The predicted molar refractivity (Wildman–Crippen MR) is 145 cm³/mol. The normalized spacial score (nSPS) is 11.3. The van der Waals surface area contributed by atoms with Crippen LogP contribution in [-0.2, 0) is 16.6 Å². The van der Waals surface area contributed by atoms with Gasteiger partial charge in [0.15, 0.2) is 11.5 Å². The van der Waals surface area contributed by atoms with Crippen LogP contribution in [0.15, 0.2) is 59.7 Å². The van der Waals surface area contributed by atoms with Crippen LogP contribution in [0.5, 0.6) is 17.2 Å². The minimum atomic E-state index is -3.52. The molecule has 0 atom stereocenters. The van der Waals surface area contributed by atoms with Gasteiger partial charge in [0, 0.05) is 11.1 Å². The van der Waals surface area contributed by atoms with Crippen molar-refractivity contribution in [3.05, 3.63) is 82.4 Å². The lowest BCUT2D eigenvalue weighted by Crippen LogP contribution is -2.29. The molecule has 3 aromatic rings. The Morgan fingerprint density at radius 2 is 1.54 bits per heavy atom. The number of aryl methyl sites for hydroxylation is 2. The maximum absolute atomic E-state index is 12.6. The molecular formula is C27H31N3O6S. The SMILES string of the molecule is COc1cc(/C=N\NC(=O)c2ccc(CN(c3ccc(C)c(C)c3)S(C)(=O)=O)cc2)cc(OC)c1OC. The Morgan fingerprint density at radius 3 is 2.05 bits per heavy atom. The topological polar surface area (TPSA) is 107 Å². The van der Waals surface area contributed by atoms with E-state index in [1.807, 2.05) is 26.0 Å². The van der Waals surface area contributed by atoms with Crippen LogP contribution in [0.3, 0.4) is 0 Å². The lowest BCUT2D eigenvalue weighted by molar-refractivity contribution is 0.0955. The van der Waals surface area contributed by atoms with Crippen molar-refractivity contribution >= 4 is 27.8 Å². The molecule has 0 aliphatic carbocycles. The van der Waals surface area contributed by atoms with E-state index in [1.54, 1.807) is 42.5 Å². The van der Waals surface area contributed by atoms with Gasteiger partial charge in [-0.1, -0.05) is 18.2 Å². The van der Waals surface area contributed by atoms with Crippen molar-refractivity contribution in [2.24, 2.45) is 5.10 Å². The van der Waals surface area contributed by atoms with Crippen LogP contribution in [0.2, 0.25) is 0 Å². The van der Waals surface area contributed by atoms with Crippen LogP contribution in [0, 0.1) is 13.8 Å². The molecule has 0 aliphatic heterocycles. The predicted octanol–water partition coefficient (Wildman–Crippen LogP) is 4.06. The van der Waals surface area contributed by atoms with Crippen molar-refractivity contribution in [2.45, 2.75) is 20.4 Å². The van der Waals surface area contributed by atoms with E-state index < -0.39 is 15.9 Å². The third kappa shape index (κ3) is 6.79. The number of carbonyl (C=O) groups is 1. The Balaban J connectivity index is 1.71. The molecule has 37 heavy (non-hydrogen) atoms. The molecule has 3 aromatic carbocycles. The summed E-state index contributed by atoms with van der Waals surface area (Å²) in [7, 11) is 1.03. The van der Waals surface area contributed by atoms with E-state index in [4.69, 9.17) is 14.2 Å². The largest absolute Gasteiger partial charge is 0.493 e. The van der Waals surface area contributed by atoms with E-state index in [2.05, 4.69) is 10.5 Å². The molecule has 0 bridgehead atoms. The fourth-order valence-electron chi connectivity index (χ4n) is 3.61. The minimum absolute atomic E-state index is 0.141. The molecule has 0 radical (unpaired) electrons. The average molecular weight is 526 g/mol. The Morgan fingerprint density at radius 1 is 0.919 bits per heavy atom. The second-order valence-corrected chi connectivity index (χ2v) is 10.3. The van der Waals surface area contributed by atoms with Crippen LogP contribution in [0.25, 0.3) is 0 Å². The molecule has 0 unspecified atom stereocenters. The van der Waals surface area contributed by atoms with E-state index in [9.17, 15) is 13.2 Å². The summed E-state index contributed by atoms with van der Waals surface area (Å²) in [5.74, 6) is 0.978. The number of anilines is 1. The van der Waals surface area contributed by atoms with Crippen molar-refractivity contribution < 1.29 is 27.4 Å². The third-order valence-corrected chi connectivity index (χ3v) is 6.93. The van der Waals surface area contributed by atoms with E-state index in [1.165, 1.54) is 38.1 Å². The zero-order valence-corrected chi connectivity index (χ0v) is 22.5. The highest BCUT2D eigenvalue weighted by Gasteiger charge is 2.19. The number of benzene rings is 3. The quantitative estimate of drug-likeness (QED) is 0.316. The lowest BCUT2D eigenvalue weighted by Gasteiger charge is -2.23. The van der Waals surface area contributed by atoms with Crippen LogP contribution >= 0.6 is 0 Å². The molecule has 0 fully saturated rings. The molecule has 0 aliphatic rings. The molecule has 0 saturated carbocycles. The van der Waals surface area contributed by atoms with Crippen LogP contribution in [0.4, 0.5) is 5.69 Å². The fraction of sp³-hybridized carbons (Fsp3) is 0.259. The first kappa shape index (κ1) is 27.5. The number of hydrogen-bond donors (Lipinski definition) is 1. The van der Waals surface area contributed by atoms with Crippen molar-refractivity contribution in [1.82, 2.24) is 5.43 Å². The second kappa shape index (κ2) is 11.8. The number of amides is 1. The minimum Gasteiger partial charge on any atom is -0.493 e. The standard InChI is InChI=1S/C27H31N3O6S/c1-18-7-12-23(13-19(18)2)30(37(6,32)33)17-20-8-10-22(11-9-20)27(31)29-28-16-21-14-24(34-3)26(36-5)25(15-21)35-4/h7-16H,17H2,1-6H3,(H,29,31)/b28-16-. The molecule has 0 saturated heterocycles. The summed E-state index contributed by atoms with van der Waals surface area (Å²) >= 11 is 0. The molecule has 0 aromatic heterocycles. The maximum atomic E-state index is 12.6. The van der Waals surface area contributed by atoms with Gasteiger partial charge in [-0.2, -0.15) is 5.10 Å². The number of hydrogen-bond acceptors (Lipinski definition) is 7. The summed E-state index contributed by atoms with van der Waals surface area (Å²) < 4.78 is 42.2. The van der Waals surface area contributed by atoms with Gasteiger partial charge in [-0.15, -0.1) is 0 Å². The molecule has 0 heterocycles. The van der Waals surface area contributed by atoms with Gasteiger partial charge in [0.25, 0.3) is 5.91 Å². The molecule has 10 heteroatoms. The maximum Gasteiger partial charge on any atom is 0.271 e. The Kier molecular flexibility index (Phi) is 8.77. The van der Waals surface area contributed by atoms with Crippen LogP contribution < -0.4 is 23.9 Å².